The maximum Gasteiger partial charge on any atom is 0.230 e. The van der Waals surface area contributed by atoms with Crippen molar-refractivity contribution in [2.24, 2.45) is 0 Å². The van der Waals surface area contributed by atoms with Gasteiger partial charge in [0.05, 0.1) is 12.1 Å². The SMILES string of the molecule is C=CCSCC(=O)NCCCn1ccnc1. The molecule has 0 fully saturated rings. The summed E-state index contributed by atoms with van der Waals surface area (Å²) in [7, 11) is 0. The Hall–Kier alpha value is -1.23. The summed E-state index contributed by atoms with van der Waals surface area (Å²) in [5.74, 6) is 1.43. The van der Waals surface area contributed by atoms with Gasteiger partial charge in [-0.05, 0) is 6.42 Å². The van der Waals surface area contributed by atoms with Gasteiger partial charge in [0.1, 0.15) is 0 Å². The molecule has 1 aromatic rings. The molecule has 4 nitrogen and oxygen atoms in total. The quantitative estimate of drug-likeness (QED) is 0.549. The zero-order valence-corrected chi connectivity index (χ0v) is 10.1. The first-order chi connectivity index (χ1) is 7.83. The van der Waals surface area contributed by atoms with Gasteiger partial charge in [0.2, 0.25) is 5.91 Å². The van der Waals surface area contributed by atoms with E-state index in [1.165, 1.54) is 0 Å². The predicted octanol–water partition coefficient (Wildman–Crippen LogP) is 1.31. The molecule has 0 bridgehead atoms. The van der Waals surface area contributed by atoms with E-state index in [0.29, 0.717) is 12.3 Å². The Morgan fingerprint density at radius 3 is 3.19 bits per heavy atom. The number of amides is 1. The number of nitrogens with zero attached hydrogens (tertiary/aromatic N) is 2. The average molecular weight is 239 g/mol. The molecule has 0 aliphatic rings. The Bertz CT molecular complexity index is 311. The standard InChI is InChI=1S/C11H17N3OS/c1-2-8-16-9-11(15)13-4-3-6-14-7-5-12-10-14/h2,5,7,10H,1,3-4,6,8-9H2,(H,13,15). The van der Waals surface area contributed by atoms with E-state index in [1.54, 1.807) is 30.4 Å². The van der Waals surface area contributed by atoms with Crippen LogP contribution in [-0.2, 0) is 11.3 Å². The summed E-state index contributed by atoms with van der Waals surface area (Å²) in [6.45, 7) is 5.20. The number of rotatable bonds is 8. The van der Waals surface area contributed by atoms with Crippen molar-refractivity contribution in [3.8, 4) is 0 Å². The van der Waals surface area contributed by atoms with Gasteiger partial charge in [0, 0.05) is 31.2 Å². The third-order valence-corrected chi connectivity index (χ3v) is 2.88. The lowest BCUT2D eigenvalue weighted by Crippen LogP contribution is -2.26. The van der Waals surface area contributed by atoms with Crippen LogP contribution < -0.4 is 5.32 Å². The molecule has 5 heteroatoms. The van der Waals surface area contributed by atoms with Crippen molar-refractivity contribution in [1.82, 2.24) is 14.9 Å². The molecule has 0 aliphatic carbocycles. The van der Waals surface area contributed by atoms with Crippen molar-refractivity contribution in [3.05, 3.63) is 31.4 Å². The first-order valence-corrected chi connectivity index (χ1v) is 6.39. The summed E-state index contributed by atoms with van der Waals surface area (Å²) in [6.07, 6.45) is 8.18. The van der Waals surface area contributed by atoms with Crippen LogP contribution in [0.2, 0.25) is 0 Å². The number of aryl methyl sites for hydroxylation is 1. The fraction of sp³-hybridized carbons (Fsp3) is 0.455. The van der Waals surface area contributed by atoms with Gasteiger partial charge in [0.25, 0.3) is 0 Å². The molecular weight excluding hydrogens is 222 g/mol. The minimum atomic E-state index is 0.0949. The van der Waals surface area contributed by atoms with Gasteiger partial charge in [-0.25, -0.2) is 4.98 Å². The number of hydrogen-bond donors (Lipinski definition) is 1. The zero-order valence-electron chi connectivity index (χ0n) is 9.26. The topological polar surface area (TPSA) is 46.9 Å². The predicted molar refractivity (Wildman–Crippen MR) is 67.4 cm³/mol. The second kappa shape index (κ2) is 7.98. The number of aromatic nitrogens is 2. The van der Waals surface area contributed by atoms with Crippen molar-refractivity contribution >= 4 is 17.7 Å². The van der Waals surface area contributed by atoms with Gasteiger partial charge in [0.15, 0.2) is 0 Å². The van der Waals surface area contributed by atoms with E-state index in [0.717, 1.165) is 18.7 Å². The smallest absolute Gasteiger partial charge is 0.230 e. The van der Waals surface area contributed by atoms with Crippen LogP contribution in [0.25, 0.3) is 0 Å². The van der Waals surface area contributed by atoms with E-state index in [1.807, 2.05) is 10.8 Å². The Labute approximate surface area is 100 Å². The van der Waals surface area contributed by atoms with E-state index < -0.39 is 0 Å². The lowest BCUT2D eigenvalue weighted by Gasteiger charge is -2.04. The molecule has 0 saturated carbocycles. The van der Waals surface area contributed by atoms with Crippen LogP contribution >= 0.6 is 11.8 Å². The van der Waals surface area contributed by atoms with Crippen molar-refractivity contribution in [3.63, 3.8) is 0 Å². The van der Waals surface area contributed by atoms with Gasteiger partial charge in [-0.1, -0.05) is 6.08 Å². The molecule has 0 aromatic carbocycles. The van der Waals surface area contributed by atoms with Gasteiger partial charge in [-0.15, -0.1) is 18.3 Å². The molecule has 0 atom stereocenters. The van der Waals surface area contributed by atoms with Crippen LogP contribution in [0.4, 0.5) is 0 Å². The lowest BCUT2D eigenvalue weighted by atomic mass is 10.4. The van der Waals surface area contributed by atoms with Gasteiger partial charge in [-0.3, -0.25) is 4.79 Å². The second-order valence-electron chi connectivity index (χ2n) is 3.31. The summed E-state index contributed by atoms with van der Waals surface area (Å²) < 4.78 is 2.00. The Morgan fingerprint density at radius 2 is 2.50 bits per heavy atom. The fourth-order valence-corrected chi connectivity index (χ4v) is 1.77. The number of carbonyl (C=O) groups is 1. The molecule has 0 spiro atoms. The highest BCUT2D eigenvalue weighted by Crippen LogP contribution is 1.98. The number of imidazole rings is 1. The van der Waals surface area contributed by atoms with Gasteiger partial charge >= 0.3 is 0 Å². The summed E-state index contributed by atoms with van der Waals surface area (Å²) in [5.41, 5.74) is 0. The summed E-state index contributed by atoms with van der Waals surface area (Å²) in [5, 5.41) is 2.88. The van der Waals surface area contributed by atoms with E-state index in [2.05, 4.69) is 16.9 Å². The highest BCUT2D eigenvalue weighted by molar-refractivity contribution is 8.00. The number of carbonyl (C=O) groups excluding carboxylic acids is 1. The molecule has 1 aromatic heterocycles. The lowest BCUT2D eigenvalue weighted by molar-refractivity contribution is -0.118. The molecule has 1 rings (SSSR count). The van der Waals surface area contributed by atoms with Crippen LogP contribution in [0.5, 0.6) is 0 Å². The van der Waals surface area contributed by atoms with E-state index in [-0.39, 0.29) is 5.91 Å². The molecule has 1 amide bonds. The number of hydrogen-bond acceptors (Lipinski definition) is 3. The summed E-state index contributed by atoms with van der Waals surface area (Å²) >= 11 is 1.57. The maximum atomic E-state index is 11.3. The van der Waals surface area contributed by atoms with Gasteiger partial charge in [-0.2, -0.15) is 0 Å². The molecule has 0 radical (unpaired) electrons. The van der Waals surface area contributed by atoms with Crippen molar-refractivity contribution in [1.29, 1.82) is 0 Å². The molecule has 16 heavy (non-hydrogen) atoms. The molecule has 1 N–H and O–H groups in total. The Morgan fingerprint density at radius 1 is 1.62 bits per heavy atom. The van der Waals surface area contributed by atoms with Crippen LogP contribution in [-0.4, -0.2) is 33.5 Å². The van der Waals surface area contributed by atoms with E-state index in [9.17, 15) is 4.79 Å². The van der Waals surface area contributed by atoms with Crippen molar-refractivity contribution < 1.29 is 4.79 Å². The Balaban J connectivity index is 1.98. The number of thioether (sulfide) groups is 1. The van der Waals surface area contributed by atoms with Crippen LogP contribution in [0, 0.1) is 0 Å². The third kappa shape index (κ3) is 5.60. The van der Waals surface area contributed by atoms with E-state index >= 15 is 0 Å². The molecule has 0 saturated heterocycles. The fourth-order valence-electron chi connectivity index (χ4n) is 1.19. The van der Waals surface area contributed by atoms with Crippen LogP contribution in [0.3, 0.4) is 0 Å². The third-order valence-electron chi connectivity index (χ3n) is 1.94. The highest BCUT2D eigenvalue weighted by Gasteiger charge is 1.99. The first kappa shape index (κ1) is 12.8. The van der Waals surface area contributed by atoms with Crippen LogP contribution in [0.15, 0.2) is 31.4 Å². The molecule has 0 unspecified atom stereocenters. The zero-order chi connectivity index (χ0) is 11.6. The summed E-state index contributed by atoms with van der Waals surface area (Å²) in [6, 6.07) is 0. The minimum absolute atomic E-state index is 0.0949. The molecule has 1 heterocycles. The highest BCUT2D eigenvalue weighted by atomic mass is 32.2. The van der Waals surface area contributed by atoms with Crippen LogP contribution in [0.1, 0.15) is 6.42 Å². The Kier molecular flexibility index (Phi) is 6.41. The first-order valence-electron chi connectivity index (χ1n) is 5.24. The van der Waals surface area contributed by atoms with Crippen molar-refractivity contribution in [2.45, 2.75) is 13.0 Å². The van der Waals surface area contributed by atoms with Gasteiger partial charge < -0.3 is 9.88 Å². The average Bonchev–Trinajstić information content (AvgIpc) is 2.78. The summed E-state index contributed by atoms with van der Waals surface area (Å²) in [4.78, 5) is 15.2. The molecular formula is C11H17N3OS. The minimum Gasteiger partial charge on any atom is -0.355 e. The van der Waals surface area contributed by atoms with E-state index in [4.69, 9.17) is 0 Å². The molecule has 88 valence electrons. The largest absolute Gasteiger partial charge is 0.355 e. The number of nitrogens with one attached hydrogen (secondary N) is 1. The maximum absolute atomic E-state index is 11.3. The molecule has 0 aliphatic heterocycles. The second-order valence-corrected chi connectivity index (χ2v) is 4.34. The van der Waals surface area contributed by atoms with Crippen molar-refractivity contribution in [2.75, 3.05) is 18.1 Å². The monoisotopic (exact) mass is 239 g/mol. The normalized spacial score (nSPS) is 10.0.